The van der Waals surface area contributed by atoms with Gasteiger partial charge in [0.05, 0.1) is 12.2 Å². The number of rotatable bonds is 5. The highest BCUT2D eigenvalue weighted by Crippen LogP contribution is 2.34. The fourth-order valence-corrected chi connectivity index (χ4v) is 3.44. The van der Waals surface area contributed by atoms with Crippen LogP contribution in [0.15, 0.2) is 42.6 Å². The lowest BCUT2D eigenvalue weighted by Gasteiger charge is -2.31. The summed E-state index contributed by atoms with van der Waals surface area (Å²) in [7, 11) is 4.05. The van der Waals surface area contributed by atoms with E-state index >= 15 is 0 Å². The van der Waals surface area contributed by atoms with Gasteiger partial charge in [-0.3, -0.25) is 0 Å². The van der Waals surface area contributed by atoms with Crippen LogP contribution in [0.3, 0.4) is 0 Å². The van der Waals surface area contributed by atoms with Gasteiger partial charge in [0.15, 0.2) is 0 Å². The first kappa shape index (κ1) is 18.5. The van der Waals surface area contributed by atoms with Crippen molar-refractivity contribution in [3.63, 3.8) is 0 Å². The van der Waals surface area contributed by atoms with E-state index in [9.17, 15) is 5.11 Å². The van der Waals surface area contributed by atoms with E-state index in [-0.39, 0.29) is 11.8 Å². The molecule has 1 N–H and O–H groups in total. The van der Waals surface area contributed by atoms with Crippen molar-refractivity contribution in [2.45, 2.75) is 25.9 Å². The third kappa shape index (κ3) is 3.73. The van der Waals surface area contributed by atoms with Crippen LogP contribution in [-0.2, 0) is 13.0 Å². The molecule has 0 fully saturated rings. The summed E-state index contributed by atoms with van der Waals surface area (Å²) in [5.74, 6) is 0.281. The molecular weight excluding hydrogens is 352 g/mol. The Kier molecular flexibility index (Phi) is 5.05. The maximum absolute atomic E-state index is 10.2. The predicted octanol–water partition coefficient (Wildman–Crippen LogP) is 3.23. The molecule has 0 amide bonds. The van der Waals surface area contributed by atoms with E-state index in [0.717, 1.165) is 40.7 Å². The van der Waals surface area contributed by atoms with Crippen LogP contribution in [0.2, 0.25) is 0 Å². The second-order valence-electron chi connectivity index (χ2n) is 7.61. The first-order valence-corrected chi connectivity index (χ1v) is 9.62. The van der Waals surface area contributed by atoms with Crippen molar-refractivity contribution in [3.05, 3.63) is 53.9 Å². The molecule has 0 spiro atoms. The zero-order valence-corrected chi connectivity index (χ0v) is 16.6. The highest BCUT2D eigenvalue weighted by molar-refractivity contribution is 5.95. The van der Waals surface area contributed by atoms with Crippen LogP contribution in [0.5, 0.6) is 11.8 Å². The molecule has 28 heavy (non-hydrogen) atoms. The minimum atomic E-state index is 0.281. The zero-order chi connectivity index (χ0) is 19.7. The van der Waals surface area contributed by atoms with E-state index in [4.69, 9.17) is 4.74 Å². The summed E-state index contributed by atoms with van der Waals surface area (Å²) >= 11 is 0. The van der Waals surface area contributed by atoms with E-state index in [0.29, 0.717) is 19.2 Å². The molecular formula is C22H26N4O2. The van der Waals surface area contributed by atoms with E-state index in [2.05, 4.69) is 32.8 Å². The van der Waals surface area contributed by atoms with E-state index in [1.165, 1.54) is 0 Å². The lowest BCUT2D eigenvalue weighted by atomic mass is 10.0. The predicted molar refractivity (Wildman–Crippen MR) is 111 cm³/mol. The number of anilines is 1. The van der Waals surface area contributed by atoms with Crippen molar-refractivity contribution in [2.24, 2.45) is 0 Å². The minimum absolute atomic E-state index is 0.281. The normalized spacial score (nSPS) is 14.9. The standard InChI is InChI=1S/C22H26N4O2/c1-15(25(2)3)14-28-22-23-12-17-8-9-26(13-20(17)24-22)21-11-18(27)10-16-6-4-5-7-19(16)21/h4-7,10-12,15,27H,8-9,13-14H2,1-3H3. The lowest BCUT2D eigenvalue weighted by molar-refractivity contribution is 0.187. The van der Waals surface area contributed by atoms with Crippen LogP contribution >= 0.6 is 0 Å². The Morgan fingerprint density at radius 3 is 2.89 bits per heavy atom. The van der Waals surface area contributed by atoms with Gasteiger partial charge in [0.2, 0.25) is 0 Å². The first-order valence-electron chi connectivity index (χ1n) is 9.62. The third-order valence-electron chi connectivity index (χ3n) is 5.42. The van der Waals surface area contributed by atoms with Crippen LogP contribution in [0.4, 0.5) is 5.69 Å². The van der Waals surface area contributed by atoms with E-state index in [1.54, 1.807) is 6.07 Å². The number of benzene rings is 2. The highest BCUT2D eigenvalue weighted by atomic mass is 16.5. The average molecular weight is 378 g/mol. The SMILES string of the molecule is CC(COc1ncc2c(n1)CN(c1cc(O)cc3ccccc13)CC2)N(C)C. The second kappa shape index (κ2) is 7.64. The number of phenolic OH excluding ortho intramolecular Hbond substituents is 1. The molecule has 1 atom stereocenters. The van der Waals surface area contributed by atoms with Gasteiger partial charge in [-0.05, 0) is 44.5 Å². The highest BCUT2D eigenvalue weighted by Gasteiger charge is 2.21. The molecule has 2 heterocycles. The van der Waals surface area contributed by atoms with Gasteiger partial charge >= 0.3 is 6.01 Å². The van der Waals surface area contributed by atoms with Crippen molar-refractivity contribution in [3.8, 4) is 11.8 Å². The number of hydrogen-bond acceptors (Lipinski definition) is 6. The summed E-state index contributed by atoms with van der Waals surface area (Å²) in [5, 5.41) is 12.3. The molecule has 0 aliphatic carbocycles. The van der Waals surface area contributed by atoms with Crippen LogP contribution < -0.4 is 9.64 Å². The Labute approximate surface area is 165 Å². The van der Waals surface area contributed by atoms with Crippen molar-refractivity contribution in [1.82, 2.24) is 14.9 Å². The number of aromatic nitrogens is 2. The quantitative estimate of drug-likeness (QED) is 0.736. The molecule has 6 nitrogen and oxygen atoms in total. The molecule has 0 radical (unpaired) electrons. The molecule has 0 saturated carbocycles. The number of fused-ring (bicyclic) bond motifs is 2. The van der Waals surface area contributed by atoms with E-state index < -0.39 is 0 Å². The van der Waals surface area contributed by atoms with Crippen molar-refractivity contribution in [2.75, 3.05) is 32.1 Å². The molecule has 0 saturated heterocycles. The van der Waals surface area contributed by atoms with Crippen molar-refractivity contribution >= 4 is 16.5 Å². The molecule has 1 aliphatic rings. The Bertz CT molecular complexity index is 989. The molecule has 3 aromatic rings. The lowest BCUT2D eigenvalue weighted by Crippen LogP contribution is -2.32. The number of ether oxygens (including phenoxy) is 1. The van der Waals surface area contributed by atoms with Crippen molar-refractivity contribution in [1.29, 1.82) is 0 Å². The Morgan fingerprint density at radius 1 is 1.25 bits per heavy atom. The van der Waals surface area contributed by atoms with Gasteiger partial charge in [0.25, 0.3) is 0 Å². The Balaban J connectivity index is 1.59. The van der Waals surface area contributed by atoms with Gasteiger partial charge in [0, 0.05) is 35.9 Å². The largest absolute Gasteiger partial charge is 0.508 e. The van der Waals surface area contributed by atoms with Crippen LogP contribution in [0, 0.1) is 0 Å². The van der Waals surface area contributed by atoms with Crippen molar-refractivity contribution < 1.29 is 9.84 Å². The summed E-state index contributed by atoms with van der Waals surface area (Å²) in [6.45, 7) is 4.19. The minimum Gasteiger partial charge on any atom is -0.508 e. The van der Waals surface area contributed by atoms with Crippen LogP contribution in [0.25, 0.3) is 10.8 Å². The molecule has 0 bridgehead atoms. The van der Waals surface area contributed by atoms with E-state index in [1.807, 2.05) is 44.6 Å². The van der Waals surface area contributed by atoms with Gasteiger partial charge < -0.3 is 19.6 Å². The molecule has 146 valence electrons. The molecule has 6 heteroatoms. The number of nitrogens with zero attached hydrogens (tertiary/aromatic N) is 4. The summed E-state index contributed by atoms with van der Waals surface area (Å²) in [4.78, 5) is 13.4. The summed E-state index contributed by atoms with van der Waals surface area (Å²) in [6.07, 6.45) is 2.75. The first-order chi connectivity index (χ1) is 13.5. The molecule has 1 aliphatic heterocycles. The summed E-state index contributed by atoms with van der Waals surface area (Å²) < 4.78 is 5.80. The summed E-state index contributed by atoms with van der Waals surface area (Å²) in [5.41, 5.74) is 3.18. The monoisotopic (exact) mass is 378 g/mol. The molecule has 1 unspecified atom stereocenters. The Hall–Kier alpha value is -2.86. The number of phenols is 1. The van der Waals surface area contributed by atoms with Gasteiger partial charge in [0.1, 0.15) is 12.4 Å². The molecule has 4 rings (SSSR count). The number of hydrogen-bond donors (Lipinski definition) is 1. The second-order valence-corrected chi connectivity index (χ2v) is 7.61. The summed E-state index contributed by atoms with van der Waals surface area (Å²) in [6, 6.07) is 12.5. The number of aromatic hydroxyl groups is 1. The molecule has 2 aromatic carbocycles. The fraction of sp³-hybridized carbons (Fsp3) is 0.364. The average Bonchev–Trinajstić information content (AvgIpc) is 2.70. The maximum Gasteiger partial charge on any atom is 0.316 e. The maximum atomic E-state index is 10.2. The zero-order valence-electron chi connectivity index (χ0n) is 16.6. The fourth-order valence-electron chi connectivity index (χ4n) is 3.44. The van der Waals surface area contributed by atoms with Crippen LogP contribution in [-0.4, -0.2) is 53.3 Å². The van der Waals surface area contributed by atoms with Gasteiger partial charge in [-0.15, -0.1) is 0 Å². The Morgan fingerprint density at radius 2 is 2.07 bits per heavy atom. The number of likely N-dealkylation sites (N-methyl/N-ethyl adjacent to an activating group) is 1. The van der Waals surface area contributed by atoms with Gasteiger partial charge in [-0.2, -0.15) is 4.98 Å². The van der Waals surface area contributed by atoms with Gasteiger partial charge in [-0.1, -0.05) is 24.3 Å². The van der Waals surface area contributed by atoms with Gasteiger partial charge in [-0.25, -0.2) is 4.98 Å². The van der Waals surface area contributed by atoms with Crippen LogP contribution in [0.1, 0.15) is 18.2 Å². The molecule has 1 aromatic heterocycles. The smallest absolute Gasteiger partial charge is 0.316 e. The topological polar surface area (TPSA) is 61.7 Å². The third-order valence-corrected chi connectivity index (χ3v) is 5.42.